The molecule has 1 aliphatic heterocycles. The SMILES string of the molecule is CCCc1nc(Br)c2n1CCC(C)C2. The summed E-state index contributed by atoms with van der Waals surface area (Å²) in [5, 5.41) is 0. The Balaban J connectivity index is 2.33. The van der Waals surface area contributed by atoms with E-state index >= 15 is 0 Å². The number of halogens is 1. The van der Waals surface area contributed by atoms with Crippen molar-refractivity contribution in [1.29, 1.82) is 0 Å². The van der Waals surface area contributed by atoms with E-state index in [4.69, 9.17) is 0 Å². The van der Waals surface area contributed by atoms with Gasteiger partial charge in [0.15, 0.2) is 0 Å². The van der Waals surface area contributed by atoms with E-state index < -0.39 is 0 Å². The lowest BCUT2D eigenvalue weighted by Gasteiger charge is -2.22. The van der Waals surface area contributed by atoms with Gasteiger partial charge in [-0.2, -0.15) is 0 Å². The Morgan fingerprint density at radius 2 is 2.36 bits per heavy atom. The molecule has 1 atom stereocenters. The summed E-state index contributed by atoms with van der Waals surface area (Å²) in [6.45, 7) is 5.69. The number of hydrogen-bond donors (Lipinski definition) is 0. The van der Waals surface area contributed by atoms with Crippen LogP contribution < -0.4 is 0 Å². The van der Waals surface area contributed by atoms with Crippen molar-refractivity contribution in [3.05, 3.63) is 16.1 Å². The van der Waals surface area contributed by atoms with E-state index in [0.717, 1.165) is 23.5 Å². The minimum absolute atomic E-state index is 0.810. The van der Waals surface area contributed by atoms with Gasteiger partial charge in [-0.15, -0.1) is 0 Å². The van der Waals surface area contributed by atoms with Crippen LogP contribution in [-0.2, 0) is 19.4 Å². The van der Waals surface area contributed by atoms with E-state index in [1.165, 1.54) is 30.8 Å². The lowest BCUT2D eigenvalue weighted by molar-refractivity contribution is 0.407. The summed E-state index contributed by atoms with van der Waals surface area (Å²) < 4.78 is 3.49. The van der Waals surface area contributed by atoms with Crippen molar-refractivity contribution in [2.24, 2.45) is 5.92 Å². The Morgan fingerprint density at radius 3 is 3.07 bits per heavy atom. The van der Waals surface area contributed by atoms with Crippen LogP contribution in [0.5, 0.6) is 0 Å². The lowest BCUT2D eigenvalue weighted by Crippen LogP contribution is -2.18. The Morgan fingerprint density at radius 1 is 1.57 bits per heavy atom. The van der Waals surface area contributed by atoms with E-state index in [1.807, 2.05) is 0 Å². The van der Waals surface area contributed by atoms with E-state index in [2.05, 4.69) is 39.3 Å². The van der Waals surface area contributed by atoms with Gasteiger partial charge in [0.1, 0.15) is 10.4 Å². The third-order valence-electron chi connectivity index (χ3n) is 2.96. The average Bonchev–Trinajstić information content (AvgIpc) is 2.44. The van der Waals surface area contributed by atoms with Gasteiger partial charge in [-0.3, -0.25) is 0 Å². The maximum absolute atomic E-state index is 4.60. The highest BCUT2D eigenvalue weighted by atomic mass is 79.9. The number of nitrogens with zero attached hydrogens (tertiary/aromatic N) is 2. The first-order valence-electron chi connectivity index (χ1n) is 5.46. The van der Waals surface area contributed by atoms with Crippen molar-refractivity contribution in [2.75, 3.05) is 0 Å². The van der Waals surface area contributed by atoms with E-state index in [1.54, 1.807) is 0 Å². The summed E-state index contributed by atoms with van der Waals surface area (Å²) in [4.78, 5) is 4.60. The van der Waals surface area contributed by atoms with Gasteiger partial charge in [-0.25, -0.2) is 4.98 Å². The van der Waals surface area contributed by atoms with Crippen molar-refractivity contribution in [3.63, 3.8) is 0 Å². The van der Waals surface area contributed by atoms with Crippen molar-refractivity contribution >= 4 is 15.9 Å². The van der Waals surface area contributed by atoms with Crippen molar-refractivity contribution in [2.45, 2.75) is 46.1 Å². The Kier molecular flexibility index (Phi) is 2.96. The number of imidazole rings is 1. The molecule has 0 fully saturated rings. The predicted molar refractivity (Wildman–Crippen MR) is 61.4 cm³/mol. The molecule has 1 aromatic heterocycles. The van der Waals surface area contributed by atoms with Crippen LogP contribution in [0.2, 0.25) is 0 Å². The second kappa shape index (κ2) is 4.05. The number of aromatic nitrogens is 2. The number of hydrogen-bond acceptors (Lipinski definition) is 1. The fourth-order valence-corrected chi connectivity index (χ4v) is 2.74. The maximum atomic E-state index is 4.60. The molecule has 0 radical (unpaired) electrons. The zero-order chi connectivity index (χ0) is 10.1. The lowest BCUT2D eigenvalue weighted by atomic mass is 9.98. The molecule has 0 spiro atoms. The first-order chi connectivity index (χ1) is 6.72. The number of aryl methyl sites for hydroxylation is 1. The van der Waals surface area contributed by atoms with Crippen LogP contribution in [0, 0.1) is 5.92 Å². The molecule has 14 heavy (non-hydrogen) atoms. The highest BCUT2D eigenvalue weighted by molar-refractivity contribution is 9.10. The van der Waals surface area contributed by atoms with Gasteiger partial charge >= 0.3 is 0 Å². The molecule has 0 amide bonds. The molecule has 78 valence electrons. The quantitative estimate of drug-likeness (QED) is 0.795. The molecule has 0 aliphatic carbocycles. The minimum atomic E-state index is 0.810. The van der Waals surface area contributed by atoms with Gasteiger partial charge < -0.3 is 4.57 Å². The summed E-state index contributed by atoms with van der Waals surface area (Å²) in [6, 6.07) is 0. The second-order valence-corrected chi connectivity index (χ2v) is 5.02. The Labute approximate surface area is 93.9 Å². The first kappa shape index (κ1) is 10.2. The van der Waals surface area contributed by atoms with Crippen LogP contribution in [0.3, 0.4) is 0 Å². The van der Waals surface area contributed by atoms with Crippen LogP contribution in [0.25, 0.3) is 0 Å². The van der Waals surface area contributed by atoms with Gasteiger partial charge in [-0.1, -0.05) is 13.8 Å². The standard InChI is InChI=1S/C11H17BrN2/c1-3-4-10-13-11(12)9-7-8(2)5-6-14(9)10/h8H,3-7H2,1-2H3. The third kappa shape index (κ3) is 1.74. The zero-order valence-electron chi connectivity index (χ0n) is 8.89. The smallest absolute Gasteiger partial charge is 0.127 e. The molecular weight excluding hydrogens is 240 g/mol. The van der Waals surface area contributed by atoms with Crippen molar-refractivity contribution in [3.8, 4) is 0 Å². The van der Waals surface area contributed by atoms with E-state index in [0.29, 0.717) is 0 Å². The predicted octanol–water partition coefficient (Wildman–Crippen LogP) is 3.18. The first-order valence-corrected chi connectivity index (χ1v) is 6.25. The zero-order valence-corrected chi connectivity index (χ0v) is 10.5. The normalized spacial score (nSPS) is 20.9. The molecule has 3 heteroatoms. The van der Waals surface area contributed by atoms with Crippen LogP contribution in [0.4, 0.5) is 0 Å². The van der Waals surface area contributed by atoms with Crippen molar-refractivity contribution < 1.29 is 0 Å². The number of fused-ring (bicyclic) bond motifs is 1. The average molecular weight is 257 g/mol. The van der Waals surface area contributed by atoms with E-state index in [-0.39, 0.29) is 0 Å². The molecule has 2 heterocycles. The molecule has 0 N–H and O–H groups in total. The van der Waals surface area contributed by atoms with Crippen LogP contribution in [-0.4, -0.2) is 9.55 Å². The summed E-state index contributed by atoms with van der Waals surface area (Å²) in [5.74, 6) is 2.08. The van der Waals surface area contributed by atoms with Gasteiger partial charge in [0.2, 0.25) is 0 Å². The Hall–Kier alpha value is -0.310. The molecule has 1 unspecified atom stereocenters. The third-order valence-corrected chi connectivity index (χ3v) is 3.60. The van der Waals surface area contributed by atoms with Crippen LogP contribution in [0.1, 0.15) is 38.2 Å². The largest absolute Gasteiger partial charge is 0.331 e. The molecule has 2 rings (SSSR count). The van der Waals surface area contributed by atoms with Gasteiger partial charge in [-0.05, 0) is 41.1 Å². The van der Waals surface area contributed by atoms with E-state index in [9.17, 15) is 0 Å². The molecule has 0 aromatic carbocycles. The fraction of sp³-hybridized carbons (Fsp3) is 0.727. The Bertz CT molecular complexity index is 330. The summed E-state index contributed by atoms with van der Waals surface area (Å²) in [7, 11) is 0. The maximum Gasteiger partial charge on any atom is 0.127 e. The molecule has 0 saturated carbocycles. The second-order valence-electron chi connectivity index (χ2n) is 4.27. The van der Waals surface area contributed by atoms with Gasteiger partial charge in [0.05, 0.1) is 5.69 Å². The topological polar surface area (TPSA) is 17.8 Å². The summed E-state index contributed by atoms with van der Waals surface area (Å²) >= 11 is 3.57. The molecule has 2 nitrogen and oxygen atoms in total. The minimum Gasteiger partial charge on any atom is -0.331 e. The molecular formula is C11H17BrN2. The molecule has 1 aliphatic rings. The highest BCUT2D eigenvalue weighted by Gasteiger charge is 2.21. The fourth-order valence-electron chi connectivity index (χ4n) is 2.16. The summed E-state index contributed by atoms with van der Waals surface area (Å²) in [6.07, 6.45) is 4.76. The van der Waals surface area contributed by atoms with Crippen molar-refractivity contribution in [1.82, 2.24) is 9.55 Å². The highest BCUT2D eigenvalue weighted by Crippen LogP contribution is 2.28. The monoisotopic (exact) mass is 256 g/mol. The van der Waals surface area contributed by atoms with Gasteiger partial charge in [0.25, 0.3) is 0 Å². The molecule has 1 aromatic rings. The molecule has 0 saturated heterocycles. The van der Waals surface area contributed by atoms with Gasteiger partial charge in [0, 0.05) is 13.0 Å². The molecule has 0 bridgehead atoms. The van der Waals surface area contributed by atoms with Crippen LogP contribution >= 0.6 is 15.9 Å². The summed E-state index contributed by atoms with van der Waals surface area (Å²) in [5.41, 5.74) is 1.41. The number of rotatable bonds is 2. The van der Waals surface area contributed by atoms with Crippen LogP contribution in [0.15, 0.2) is 4.60 Å².